The van der Waals surface area contributed by atoms with Gasteiger partial charge >= 0.3 is 0 Å². The van der Waals surface area contributed by atoms with Gasteiger partial charge in [0, 0.05) is 18.5 Å². The normalized spacial score (nSPS) is 11.2. The topological polar surface area (TPSA) is 118 Å². The second-order valence-corrected chi connectivity index (χ2v) is 10.3. The van der Waals surface area contributed by atoms with Gasteiger partial charge in [-0.3, -0.25) is 24.7 Å². The minimum Gasteiger partial charge on any atom is -0.306 e. The molecule has 0 unspecified atom stereocenters. The van der Waals surface area contributed by atoms with Crippen molar-refractivity contribution in [2.45, 2.75) is 23.6 Å². The molecule has 37 heavy (non-hydrogen) atoms. The van der Waals surface area contributed by atoms with Gasteiger partial charge in [0.2, 0.25) is 5.13 Å². The van der Waals surface area contributed by atoms with Crippen LogP contribution >= 0.6 is 23.1 Å². The summed E-state index contributed by atoms with van der Waals surface area (Å²) in [7, 11) is 0. The molecule has 1 aromatic carbocycles. The average molecular weight is 534 g/mol. The van der Waals surface area contributed by atoms with Crippen LogP contribution in [0.1, 0.15) is 21.5 Å². The molecule has 0 aliphatic heterocycles. The standard InChI is InChI=1S/C25H20FN7O2S2/c1-3-10-32-19(27)16(12-17-21(32)28-20-14(2)7-6-11-33(20)23(17)35)22(34)29-24-30-31-25(37-24)36-13-15-8-4-5-9-18(15)26/h3-9,11-12,27H,1,10,13H2,2H3,(H,29,30,34). The van der Waals surface area contributed by atoms with Crippen LogP contribution in [0, 0.1) is 18.2 Å². The van der Waals surface area contributed by atoms with Crippen molar-refractivity contribution in [3.8, 4) is 0 Å². The number of fused-ring (bicyclic) bond motifs is 2. The minimum absolute atomic E-state index is 0.0170. The van der Waals surface area contributed by atoms with E-state index in [1.807, 2.05) is 13.0 Å². The summed E-state index contributed by atoms with van der Waals surface area (Å²) in [6, 6.07) is 11.5. The molecule has 0 spiro atoms. The third-order valence-corrected chi connectivity index (χ3v) is 7.65. The number of carbonyl (C=O) groups excluding carboxylic acids is 1. The Morgan fingerprint density at radius 2 is 2.05 bits per heavy atom. The number of nitrogens with one attached hydrogen (secondary N) is 2. The van der Waals surface area contributed by atoms with Gasteiger partial charge in [-0.2, -0.15) is 0 Å². The molecule has 0 radical (unpaired) electrons. The molecule has 0 fully saturated rings. The summed E-state index contributed by atoms with van der Waals surface area (Å²) in [6.45, 7) is 5.77. The van der Waals surface area contributed by atoms with Crippen molar-refractivity contribution in [1.29, 1.82) is 5.41 Å². The van der Waals surface area contributed by atoms with E-state index in [1.54, 1.807) is 36.5 Å². The molecular formula is C25H20FN7O2S2. The summed E-state index contributed by atoms with van der Waals surface area (Å²) >= 11 is 2.43. The summed E-state index contributed by atoms with van der Waals surface area (Å²) in [5.41, 5.74) is 1.63. The summed E-state index contributed by atoms with van der Waals surface area (Å²) in [5, 5.41) is 19.8. The molecule has 12 heteroatoms. The Hall–Kier alpha value is -4.16. The maximum Gasteiger partial charge on any atom is 0.267 e. The second-order valence-electron chi connectivity index (χ2n) is 8.05. The Kier molecular flexibility index (Phi) is 6.68. The lowest BCUT2D eigenvalue weighted by Crippen LogP contribution is -2.32. The third kappa shape index (κ3) is 4.68. The molecule has 5 aromatic rings. The maximum atomic E-state index is 13.9. The molecule has 1 amide bonds. The lowest BCUT2D eigenvalue weighted by atomic mass is 10.2. The fourth-order valence-corrected chi connectivity index (χ4v) is 5.55. The zero-order valence-electron chi connectivity index (χ0n) is 19.6. The SMILES string of the molecule is C=CCn1c(=N)c(C(=O)Nc2nnc(SCc3ccccc3F)s2)cc2c(=O)n3cccc(C)c3nc21. The van der Waals surface area contributed by atoms with E-state index in [-0.39, 0.29) is 39.5 Å². The monoisotopic (exact) mass is 533 g/mol. The van der Waals surface area contributed by atoms with E-state index in [4.69, 9.17) is 5.41 Å². The van der Waals surface area contributed by atoms with E-state index < -0.39 is 5.91 Å². The second kappa shape index (κ2) is 10.1. The van der Waals surface area contributed by atoms with E-state index in [9.17, 15) is 14.0 Å². The highest BCUT2D eigenvalue weighted by atomic mass is 32.2. The highest BCUT2D eigenvalue weighted by Gasteiger charge is 2.19. The van der Waals surface area contributed by atoms with Crippen LogP contribution in [0.25, 0.3) is 16.7 Å². The number of aromatic nitrogens is 5. The fourth-order valence-electron chi connectivity index (χ4n) is 3.81. The number of rotatable bonds is 7. The van der Waals surface area contributed by atoms with E-state index in [0.717, 1.165) is 16.9 Å². The number of carbonyl (C=O) groups is 1. The molecule has 0 bridgehead atoms. The van der Waals surface area contributed by atoms with Gasteiger partial charge in [-0.1, -0.05) is 53.4 Å². The van der Waals surface area contributed by atoms with Gasteiger partial charge in [0.25, 0.3) is 11.5 Å². The molecule has 0 aliphatic rings. The molecule has 4 heterocycles. The van der Waals surface area contributed by atoms with Crippen molar-refractivity contribution in [3.05, 3.63) is 99.7 Å². The Morgan fingerprint density at radius 1 is 1.24 bits per heavy atom. The van der Waals surface area contributed by atoms with Crippen molar-refractivity contribution >= 4 is 50.8 Å². The molecule has 186 valence electrons. The average Bonchev–Trinajstić information content (AvgIpc) is 3.33. The minimum atomic E-state index is -0.611. The first-order valence-corrected chi connectivity index (χ1v) is 12.9. The van der Waals surface area contributed by atoms with Crippen LogP contribution in [0.5, 0.6) is 0 Å². The molecule has 0 saturated carbocycles. The first-order valence-electron chi connectivity index (χ1n) is 11.1. The summed E-state index contributed by atoms with van der Waals surface area (Å²) in [6.07, 6.45) is 3.19. The Morgan fingerprint density at radius 3 is 2.84 bits per heavy atom. The van der Waals surface area contributed by atoms with Crippen LogP contribution in [0.3, 0.4) is 0 Å². The van der Waals surface area contributed by atoms with E-state index in [0.29, 0.717) is 27.0 Å². The smallest absolute Gasteiger partial charge is 0.267 e. The molecular weight excluding hydrogens is 513 g/mol. The van der Waals surface area contributed by atoms with Gasteiger partial charge in [0.05, 0.1) is 10.9 Å². The number of amides is 1. The predicted octanol–water partition coefficient (Wildman–Crippen LogP) is 4.16. The Balaban J connectivity index is 1.48. The summed E-state index contributed by atoms with van der Waals surface area (Å²) < 4.78 is 17.3. The van der Waals surface area contributed by atoms with Gasteiger partial charge in [0.15, 0.2) is 4.34 Å². The quantitative estimate of drug-likeness (QED) is 0.140. The predicted molar refractivity (Wildman–Crippen MR) is 142 cm³/mol. The maximum absolute atomic E-state index is 13.9. The number of hydrogen-bond donors (Lipinski definition) is 2. The third-order valence-electron chi connectivity index (χ3n) is 5.63. The van der Waals surface area contributed by atoms with Crippen LogP contribution in [-0.4, -0.2) is 30.1 Å². The number of pyridine rings is 2. The number of nitrogens with zero attached hydrogens (tertiary/aromatic N) is 5. The van der Waals surface area contributed by atoms with Gasteiger partial charge < -0.3 is 4.57 Å². The van der Waals surface area contributed by atoms with Gasteiger partial charge in [-0.15, -0.1) is 16.8 Å². The molecule has 0 aliphatic carbocycles. The Bertz CT molecular complexity index is 1810. The van der Waals surface area contributed by atoms with Crippen LogP contribution in [-0.2, 0) is 12.3 Å². The number of aryl methyl sites for hydroxylation is 1. The molecule has 9 nitrogen and oxygen atoms in total. The van der Waals surface area contributed by atoms with Crippen molar-refractivity contribution < 1.29 is 9.18 Å². The van der Waals surface area contributed by atoms with Crippen LogP contribution in [0.15, 0.2) is 70.5 Å². The van der Waals surface area contributed by atoms with E-state index >= 15 is 0 Å². The summed E-state index contributed by atoms with van der Waals surface area (Å²) in [5.74, 6) is -0.545. The number of hydrogen-bond acceptors (Lipinski definition) is 8. The van der Waals surface area contributed by atoms with E-state index in [1.165, 1.54) is 32.9 Å². The lowest BCUT2D eigenvalue weighted by molar-refractivity contribution is 0.102. The zero-order chi connectivity index (χ0) is 26.1. The lowest BCUT2D eigenvalue weighted by Gasteiger charge is -2.13. The fraction of sp³-hybridized carbons (Fsp3) is 0.120. The van der Waals surface area contributed by atoms with Crippen molar-refractivity contribution in [2.24, 2.45) is 0 Å². The molecule has 2 N–H and O–H groups in total. The highest BCUT2D eigenvalue weighted by Crippen LogP contribution is 2.29. The number of benzene rings is 1. The number of anilines is 1. The van der Waals surface area contributed by atoms with Crippen molar-refractivity contribution in [3.63, 3.8) is 0 Å². The van der Waals surface area contributed by atoms with Crippen molar-refractivity contribution in [1.82, 2.24) is 24.1 Å². The van der Waals surface area contributed by atoms with Gasteiger partial charge in [0.1, 0.15) is 22.6 Å². The molecule has 5 rings (SSSR count). The van der Waals surface area contributed by atoms with Crippen LogP contribution in [0.4, 0.5) is 9.52 Å². The number of thioether (sulfide) groups is 1. The Labute approximate surface area is 217 Å². The number of halogens is 1. The zero-order valence-corrected chi connectivity index (χ0v) is 21.2. The van der Waals surface area contributed by atoms with E-state index in [2.05, 4.69) is 27.1 Å². The first-order chi connectivity index (χ1) is 17.9. The largest absolute Gasteiger partial charge is 0.306 e. The number of allylic oxidation sites excluding steroid dienone is 1. The molecule has 0 atom stereocenters. The van der Waals surface area contributed by atoms with Gasteiger partial charge in [-0.25, -0.2) is 9.37 Å². The van der Waals surface area contributed by atoms with Crippen LogP contribution in [0.2, 0.25) is 0 Å². The van der Waals surface area contributed by atoms with Crippen molar-refractivity contribution in [2.75, 3.05) is 5.32 Å². The molecule has 0 saturated heterocycles. The van der Waals surface area contributed by atoms with Gasteiger partial charge in [-0.05, 0) is 36.2 Å². The first kappa shape index (κ1) is 24.5. The summed E-state index contributed by atoms with van der Waals surface area (Å²) in [4.78, 5) is 31.1. The highest BCUT2D eigenvalue weighted by molar-refractivity contribution is 8.00. The molecule has 4 aromatic heterocycles. The van der Waals surface area contributed by atoms with Crippen LogP contribution < -0.4 is 16.4 Å².